The molecule has 1 aliphatic carbocycles. The second-order valence-corrected chi connectivity index (χ2v) is 7.98. The highest BCUT2D eigenvalue weighted by molar-refractivity contribution is 7.89. The summed E-state index contributed by atoms with van der Waals surface area (Å²) in [5, 5.41) is 0. The lowest BCUT2D eigenvalue weighted by Gasteiger charge is -2.29. The van der Waals surface area contributed by atoms with Crippen LogP contribution in [0.25, 0.3) is 0 Å². The number of rotatable bonds is 9. The molecule has 19 heavy (non-hydrogen) atoms. The predicted octanol–water partition coefficient (Wildman–Crippen LogP) is 2.14. The minimum absolute atomic E-state index is 0.223. The maximum atomic E-state index is 12.5. The van der Waals surface area contributed by atoms with Crippen LogP contribution in [0.4, 0.5) is 0 Å². The molecular weight excluding hydrogens is 284 g/mol. The molecule has 0 aromatic carbocycles. The maximum Gasteiger partial charge on any atom is 0.214 e. The van der Waals surface area contributed by atoms with Gasteiger partial charge in [-0.15, -0.1) is 11.6 Å². The van der Waals surface area contributed by atoms with Gasteiger partial charge in [0.15, 0.2) is 0 Å². The molecule has 0 spiro atoms. The smallest absolute Gasteiger partial charge is 0.214 e. The Balaban J connectivity index is 2.64. The van der Waals surface area contributed by atoms with E-state index in [1.807, 2.05) is 19.0 Å². The molecule has 0 aromatic rings. The predicted molar refractivity (Wildman–Crippen MR) is 81.3 cm³/mol. The zero-order valence-corrected chi connectivity index (χ0v) is 13.7. The number of sulfonamides is 1. The van der Waals surface area contributed by atoms with E-state index in [0.717, 1.165) is 38.6 Å². The van der Waals surface area contributed by atoms with Crippen molar-refractivity contribution < 1.29 is 8.42 Å². The lowest BCUT2D eigenvalue weighted by molar-refractivity contribution is 0.282. The summed E-state index contributed by atoms with van der Waals surface area (Å²) in [7, 11) is 0.833. The molecule has 0 saturated heterocycles. The van der Waals surface area contributed by atoms with Gasteiger partial charge in [-0.05, 0) is 39.8 Å². The van der Waals surface area contributed by atoms with E-state index >= 15 is 0 Å². The quantitative estimate of drug-likeness (QED) is 0.484. The zero-order chi connectivity index (χ0) is 14.3. The van der Waals surface area contributed by atoms with Crippen LogP contribution in [0.3, 0.4) is 0 Å². The van der Waals surface area contributed by atoms with Gasteiger partial charge in [-0.25, -0.2) is 8.42 Å². The van der Waals surface area contributed by atoms with Crippen LogP contribution in [-0.2, 0) is 10.0 Å². The van der Waals surface area contributed by atoms with E-state index in [1.54, 1.807) is 4.31 Å². The van der Waals surface area contributed by atoms with E-state index in [9.17, 15) is 8.42 Å². The average molecular weight is 311 g/mol. The zero-order valence-electron chi connectivity index (χ0n) is 12.1. The van der Waals surface area contributed by atoms with Crippen LogP contribution in [0.2, 0.25) is 0 Å². The van der Waals surface area contributed by atoms with Crippen molar-refractivity contribution in [3.63, 3.8) is 0 Å². The normalized spacial score (nSPS) is 17.7. The molecule has 0 unspecified atom stereocenters. The van der Waals surface area contributed by atoms with Crippen LogP contribution >= 0.6 is 11.6 Å². The summed E-state index contributed by atoms with van der Waals surface area (Å²) in [5.74, 6) is 0.778. The highest BCUT2D eigenvalue weighted by atomic mass is 35.5. The van der Waals surface area contributed by atoms with Crippen molar-refractivity contribution in [3.05, 3.63) is 0 Å². The van der Waals surface area contributed by atoms with Gasteiger partial charge in [0.05, 0.1) is 5.75 Å². The monoisotopic (exact) mass is 310 g/mol. The number of unbranched alkanes of at least 4 members (excludes halogenated alkanes) is 1. The second kappa shape index (κ2) is 8.45. The first-order valence-electron chi connectivity index (χ1n) is 7.17. The van der Waals surface area contributed by atoms with Gasteiger partial charge in [-0.2, -0.15) is 4.31 Å². The van der Waals surface area contributed by atoms with Crippen LogP contribution in [0.5, 0.6) is 0 Å². The lowest BCUT2D eigenvalue weighted by Crippen LogP contribution is -2.43. The van der Waals surface area contributed by atoms with Crippen molar-refractivity contribution in [2.45, 2.75) is 44.6 Å². The second-order valence-electron chi connectivity index (χ2n) is 5.56. The van der Waals surface area contributed by atoms with Crippen LogP contribution in [-0.4, -0.2) is 62.5 Å². The SMILES string of the molecule is CN(C)CCN(C1CCCC1)S(=O)(=O)CCCCCl. The Morgan fingerprint density at radius 3 is 2.26 bits per heavy atom. The van der Waals surface area contributed by atoms with Gasteiger partial charge in [0.25, 0.3) is 0 Å². The summed E-state index contributed by atoms with van der Waals surface area (Å²) in [6.45, 7) is 1.39. The van der Waals surface area contributed by atoms with Gasteiger partial charge in [0, 0.05) is 25.0 Å². The summed E-state index contributed by atoms with van der Waals surface area (Å²) in [4.78, 5) is 2.04. The fraction of sp³-hybridized carbons (Fsp3) is 1.00. The van der Waals surface area contributed by atoms with Crippen molar-refractivity contribution in [2.75, 3.05) is 38.8 Å². The van der Waals surface area contributed by atoms with Gasteiger partial charge in [0.2, 0.25) is 10.0 Å². The van der Waals surface area contributed by atoms with E-state index in [1.165, 1.54) is 0 Å². The molecule has 0 atom stereocenters. The number of halogens is 1. The third-order valence-electron chi connectivity index (χ3n) is 3.64. The Hall–Kier alpha value is 0.160. The van der Waals surface area contributed by atoms with Crippen molar-refractivity contribution in [1.82, 2.24) is 9.21 Å². The summed E-state index contributed by atoms with van der Waals surface area (Å²) in [6.07, 6.45) is 5.77. The molecule has 1 saturated carbocycles. The number of hydrogen-bond acceptors (Lipinski definition) is 3. The molecule has 0 aliphatic heterocycles. The Morgan fingerprint density at radius 2 is 1.74 bits per heavy atom. The number of nitrogens with zero attached hydrogens (tertiary/aromatic N) is 2. The standard InChI is InChI=1S/C13H27ClN2O2S/c1-15(2)10-11-16(13-7-3-4-8-13)19(17,18)12-6-5-9-14/h13H,3-12H2,1-2H3. The molecular formula is C13H27ClN2O2S. The molecule has 1 fully saturated rings. The van der Waals surface area contributed by atoms with Crippen molar-refractivity contribution in [1.29, 1.82) is 0 Å². The van der Waals surface area contributed by atoms with Gasteiger partial charge in [-0.3, -0.25) is 0 Å². The van der Waals surface area contributed by atoms with Crippen molar-refractivity contribution >= 4 is 21.6 Å². The van der Waals surface area contributed by atoms with Gasteiger partial charge >= 0.3 is 0 Å². The molecule has 0 heterocycles. The Labute approximate surface area is 123 Å². The fourth-order valence-corrected chi connectivity index (χ4v) is 4.55. The van der Waals surface area contributed by atoms with Crippen LogP contribution < -0.4 is 0 Å². The summed E-state index contributed by atoms with van der Waals surface area (Å²) in [6, 6.07) is 0.223. The highest BCUT2D eigenvalue weighted by Gasteiger charge is 2.31. The summed E-state index contributed by atoms with van der Waals surface area (Å²) in [5.41, 5.74) is 0. The van der Waals surface area contributed by atoms with Gasteiger partial charge in [-0.1, -0.05) is 12.8 Å². The molecule has 0 aromatic heterocycles. The molecule has 0 N–H and O–H groups in total. The molecule has 4 nitrogen and oxygen atoms in total. The van der Waals surface area contributed by atoms with Gasteiger partial charge in [0.1, 0.15) is 0 Å². The average Bonchev–Trinajstić information content (AvgIpc) is 2.82. The molecule has 0 radical (unpaired) electrons. The van der Waals surface area contributed by atoms with Crippen LogP contribution in [0.1, 0.15) is 38.5 Å². The minimum atomic E-state index is -3.13. The topological polar surface area (TPSA) is 40.6 Å². The van der Waals surface area contributed by atoms with Crippen LogP contribution in [0, 0.1) is 0 Å². The van der Waals surface area contributed by atoms with Crippen molar-refractivity contribution in [2.24, 2.45) is 0 Å². The number of hydrogen-bond donors (Lipinski definition) is 0. The largest absolute Gasteiger partial charge is 0.308 e. The molecule has 1 rings (SSSR count). The number of alkyl halides is 1. The van der Waals surface area contributed by atoms with E-state index < -0.39 is 10.0 Å². The third-order valence-corrected chi connectivity index (χ3v) is 5.91. The van der Waals surface area contributed by atoms with E-state index in [4.69, 9.17) is 11.6 Å². The van der Waals surface area contributed by atoms with E-state index in [-0.39, 0.29) is 11.8 Å². The molecule has 114 valence electrons. The first-order valence-corrected chi connectivity index (χ1v) is 9.32. The molecule has 1 aliphatic rings. The fourth-order valence-electron chi connectivity index (χ4n) is 2.54. The molecule has 0 bridgehead atoms. The molecule has 0 amide bonds. The van der Waals surface area contributed by atoms with Crippen molar-refractivity contribution in [3.8, 4) is 0 Å². The van der Waals surface area contributed by atoms with Crippen LogP contribution in [0.15, 0.2) is 0 Å². The molecule has 6 heteroatoms. The summed E-state index contributed by atoms with van der Waals surface area (Å²) < 4.78 is 26.7. The van der Waals surface area contributed by atoms with E-state index in [0.29, 0.717) is 18.8 Å². The first kappa shape index (κ1) is 17.2. The maximum absolute atomic E-state index is 12.5. The summed E-state index contributed by atoms with van der Waals surface area (Å²) >= 11 is 5.62. The minimum Gasteiger partial charge on any atom is -0.308 e. The Morgan fingerprint density at radius 1 is 1.11 bits per heavy atom. The lowest BCUT2D eigenvalue weighted by atomic mass is 10.2. The van der Waals surface area contributed by atoms with Gasteiger partial charge < -0.3 is 4.90 Å². The third kappa shape index (κ3) is 5.98. The van der Waals surface area contributed by atoms with E-state index in [2.05, 4.69) is 0 Å². The Kier molecular flexibility index (Phi) is 7.65. The number of likely N-dealkylation sites (N-methyl/N-ethyl adjacent to an activating group) is 1. The Bertz CT molecular complexity index is 341. The first-order chi connectivity index (χ1) is 8.97. The highest BCUT2D eigenvalue weighted by Crippen LogP contribution is 2.26.